The molecule has 2 aliphatic rings. The van der Waals surface area contributed by atoms with Gasteiger partial charge in [0.05, 0.1) is 12.0 Å². The van der Waals surface area contributed by atoms with Crippen LogP contribution in [0, 0.1) is 12.8 Å². The third-order valence-electron chi connectivity index (χ3n) is 6.23. The van der Waals surface area contributed by atoms with E-state index in [1.165, 1.54) is 0 Å². The highest BCUT2D eigenvalue weighted by Gasteiger charge is 2.47. The van der Waals surface area contributed by atoms with Gasteiger partial charge >= 0.3 is 5.97 Å². The van der Waals surface area contributed by atoms with E-state index < -0.39 is 12.0 Å². The number of anilines is 1. The van der Waals surface area contributed by atoms with Gasteiger partial charge in [-0.25, -0.2) is 0 Å². The fourth-order valence-electron chi connectivity index (χ4n) is 4.70. The molecule has 1 saturated heterocycles. The van der Waals surface area contributed by atoms with E-state index in [0.717, 1.165) is 33.7 Å². The molecule has 2 heterocycles. The van der Waals surface area contributed by atoms with Gasteiger partial charge in [-0.15, -0.1) is 11.3 Å². The number of aryl methyl sites for hydroxylation is 1. The molecule has 0 spiro atoms. The molecule has 1 fully saturated rings. The zero-order valence-electron chi connectivity index (χ0n) is 17.4. The lowest BCUT2D eigenvalue weighted by molar-refractivity contribution is -0.155. The quantitative estimate of drug-likeness (QED) is 0.386. The summed E-state index contributed by atoms with van der Waals surface area (Å²) in [6.45, 7) is 2.00. The number of fused-ring (bicyclic) bond motifs is 1. The van der Waals surface area contributed by atoms with Gasteiger partial charge in [-0.3, -0.25) is 9.59 Å². The van der Waals surface area contributed by atoms with E-state index in [1.807, 2.05) is 54.8 Å². The molecule has 1 amide bonds. The summed E-state index contributed by atoms with van der Waals surface area (Å²) in [4.78, 5) is 29.2. The molecule has 3 atom stereocenters. The molecule has 32 heavy (non-hydrogen) atoms. The molecule has 5 rings (SSSR count). The number of ether oxygens (including phenoxy) is 1. The van der Waals surface area contributed by atoms with Gasteiger partial charge in [0.2, 0.25) is 5.91 Å². The van der Waals surface area contributed by atoms with Crippen molar-refractivity contribution in [3.8, 4) is 0 Å². The van der Waals surface area contributed by atoms with Crippen LogP contribution >= 0.6 is 34.5 Å². The summed E-state index contributed by atoms with van der Waals surface area (Å²) < 4.78 is 5.98. The smallest absolute Gasteiger partial charge is 0.312 e. The molecule has 3 unspecified atom stereocenters. The number of esters is 1. The van der Waals surface area contributed by atoms with E-state index in [9.17, 15) is 9.59 Å². The lowest BCUT2D eigenvalue weighted by Crippen LogP contribution is -2.30. The number of amides is 1. The average Bonchev–Trinajstić information content (AvgIpc) is 3.48. The maximum absolute atomic E-state index is 13.4. The normalized spacial score (nSPS) is 22.3. The van der Waals surface area contributed by atoms with Crippen molar-refractivity contribution in [3.05, 3.63) is 85.5 Å². The van der Waals surface area contributed by atoms with Crippen LogP contribution in [0.15, 0.2) is 53.9 Å². The van der Waals surface area contributed by atoms with E-state index in [0.29, 0.717) is 16.5 Å². The highest BCUT2D eigenvalue weighted by molar-refractivity contribution is 7.10. The molecular formula is C25H21Cl2NO3S. The van der Waals surface area contributed by atoms with Crippen molar-refractivity contribution in [1.29, 1.82) is 0 Å². The van der Waals surface area contributed by atoms with Crippen molar-refractivity contribution >= 4 is 52.1 Å². The number of carbonyl (C=O) groups is 2. The molecule has 1 aliphatic carbocycles. The van der Waals surface area contributed by atoms with Crippen molar-refractivity contribution < 1.29 is 14.3 Å². The Morgan fingerprint density at radius 3 is 2.66 bits per heavy atom. The first-order chi connectivity index (χ1) is 15.4. The molecule has 2 aromatic carbocycles. The minimum atomic E-state index is -0.582. The third kappa shape index (κ3) is 3.83. The predicted molar refractivity (Wildman–Crippen MR) is 127 cm³/mol. The van der Waals surface area contributed by atoms with Gasteiger partial charge < -0.3 is 9.64 Å². The molecule has 0 N–H and O–H groups in total. The first-order valence-electron chi connectivity index (χ1n) is 10.5. The van der Waals surface area contributed by atoms with Crippen LogP contribution < -0.4 is 4.90 Å². The first kappa shape index (κ1) is 21.5. The number of rotatable bonds is 4. The summed E-state index contributed by atoms with van der Waals surface area (Å²) in [7, 11) is 0. The fraction of sp³-hybridized carbons (Fsp3) is 0.280. The Morgan fingerprint density at radius 2 is 1.94 bits per heavy atom. The van der Waals surface area contributed by atoms with Gasteiger partial charge in [-0.05, 0) is 66.6 Å². The number of carbonyl (C=O) groups excluding carboxylic acids is 2. The topological polar surface area (TPSA) is 46.6 Å². The standard InChI is InChI=1S/C25H21Cl2NO3S/c1-14-4-6-16(7-5-14)28-23(29)13-19(24(28)22-3-2-10-32-22)25(30)31-21-9-8-17-18(21)11-15(26)12-20(17)27/h2-7,10-12,19,21,24H,8-9,13H2,1H3. The second-order valence-electron chi connectivity index (χ2n) is 8.29. The number of hydrogen-bond acceptors (Lipinski definition) is 4. The van der Waals surface area contributed by atoms with E-state index in [4.69, 9.17) is 27.9 Å². The number of thiophene rings is 1. The Kier molecular flexibility index (Phi) is 5.74. The minimum absolute atomic E-state index is 0.0767. The lowest BCUT2D eigenvalue weighted by Gasteiger charge is -2.27. The molecule has 7 heteroatoms. The van der Waals surface area contributed by atoms with Gasteiger partial charge in [-0.1, -0.05) is 47.0 Å². The maximum atomic E-state index is 13.4. The first-order valence-corrected chi connectivity index (χ1v) is 12.2. The summed E-state index contributed by atoms with van der Waals surface area (Å²) >= 11 is 14.1. The summed E-state index contributed by atoms with van der Waals surface area (Å²) in [6.07, 6.45) is 1.11. The zero-order valence-corrected chi connectivity index (χ0v) is 19.7. The van der Waals surface area contributed by atoms with Gasteiger partial charge in [0.1, 0.15) is 6.10 Å². The van der Waals surface area contributed by atoms with Crippen LogP contribution in [0.4, 0.5) is 5.69 Å². The van der Waals surface area contributed by atoms with Crippen LogP contribution in [0.3, 0.4) is 0 Å². The van der Waals surface area contributed by atoms with Gasteiger partial charge in [0, 0.05) is 27.0 Å². The largest absolute Gasteiger partial charge is 0.457 e. The van der Waals surface area contributed by atoms with Crippen molar-refractivity contribution in [2.45, 2.75) is 38.3 Å². The Balaban J connectivity index is 1.45. The number of nitrogens with zero attached hydrogens (tertiary/aromatic N) is 1. The molecule has 164 valence electrons. The van der Waals surface area contributed by atoms with E-state index >= 15 is 0 Å². The molecule has 3 aromatic rings. The molecule has 0 saturated carbocycles. The second-order valence-corrected chi connectivity index (χ2v) is 10.1. The molecule has 0 radical (unpaired) electrons. The van der Waals surface area contributed by atoms with Gasteiger partial charge in [-0.2, -0.15) is 0 Å². The van der Waals surface area contributed by atoms with Gasteiger partial charge in [0.25, 0.3) is 0 Å². The van der Waals surface area contributed by atoms with Crippen LogP contribution in [0.2, 0.25) is 10.0 Å². The predicted octanol–water partition coefficient (Wildman–Crippen LogP) is 6.69. The SMILES string of the molecule is Cc1ccc(N2C(=O)CC(C(=O)OC3CCc4c(Cl)cc(Cl)cc43)C2c2cccs2)cc1. The fourth-order valence-corrected chi connectivity index (χ4v) is 6.18. The second kappa shape index (κ2) is 8.54. The zero-order chi connectivity index (χ0) is 22.4. The summed E-state index contributed by atoms with van der Waals surface area (Å²) in [6, 6.07) is 14.9. The van der Waals surface area contributed by atoms with Crippen molar-refractivity contribution in [2.24, 2.45) is 5.92 Å². The Hall–Kier alpha value is -2.34. The van der Waals surface area contributed by atoms with Crippen LogP contribution in [0.5, 0.6) is 0 Å². The van der Waals surface area contributed by atoms with Crippen LogP contribution in [-0.2, 0) is 20.7 Å². The summed E-state index contributed by atoms with van der Waals surface area (Å²) in [5.41, 5.74) is 3.75. The Bertz CT molecular complexity index is 1180. The summed E-state index contributed by atoms with van der Waals surface area (Å²) in [5, 5.41) is 3.09. The van der Waals surface area contributed by atoms with Crippen molar-refractivity contribution in [3.63, 3.8) is 0 Å². The average molecular weight is 486 g/mol. The number of hydrogen-bond donors (Lipinski definition) is 0. The van der Waals surface area contributed by atoms with Crippen LogP contribution in [0.1, 0.15) is 46.6 Å². The number of benzene rings is 2. The van der Waals surface area contributed by atoms with E-state index in [1.54, 1.807) is 22.3 Å². The highest BCUT2D eigenvalue weighted by Crippen LogP contribution is 2.45. The maximum Gasteiger partial charge on any atom is 0.312 e. The van der Waals surface area contributed by atoms with Crippen LogP contribution in [0.25, 0.3) is 0 Å². The number of halogens is 2. The lowest BCUT2D eigenvalue weighted by atomic mass is 9.98. The molecule has 1 aliphatic heterocycles. The molecule has 4 nitrogen and oxygen atoms in total. The third-order valence-corrected chi connectivity index (χ3v) is 7.73. The van der Waals surface area contributed by atoms with Gasteiger partial charge in [0.15, 0.2) is 0 Å². The Morgan fingerprint density at radius 1 is 1.16 bits per heavy atom. The monoisotopic (exact) mass is 485 g/mol. The van der Waals surface area contributed by atoms with E-state index in [2.05, 4.69) is 0 Å². The molecule has 1 aromatic heterocycles. The van der Waals surface area contributed by atoms with Crippen LogP contribution in [-0.4, -0.2) is 11.9 Å². The highest BCUT2D eigenvalue weighted by atomic mass is 35.5. The summed E-state index contributed by atoms with van der Waals surface area (Å²) in [5.74, 6) is -1.02. The van der Waals surface area contributed by atoms with Crippen molar-refractivity contribution in [1.82, 2.24) is 0 Å². The minimum Gasteiger partial charge on any atom is -0.457 e. The molecule has 0 bridgehead atoms. The Labute approximate surface area is 200 Å². The molecular weight excluding hydrogens is 465 g/mol. The van der Waals surface area contributed by atoms with Crippen molar-refractivity contribution in [2.75, 3.05) is 4.90 Å². The van der Waals surface area contributed by atoms with E-state index in [-0.39, 0.29) is 24.3 Å².